The van der Waals surface area contributed by atoms with Crippen LogP contribution in [0, 0.1) is 6.61 Å². The number of rotatable bonds is 2. The summed E-state index contributed by atoms with van der Waals surface area (Å²) in [6, 6.07) is -0.794. The Morgan fingerprint density at radius 2 is 2.21 bits per heavy atom. The second-order valence-corrected chi connectivity index (χ2v) is 3.20. The normalized spacial score (nSPS) is 38.0. The molecule has 0 bridgehead atoms. The summed E-state index contributed by atoms with van der Waals surface area (Å²) in [7, 11) is 0. The van der Waals surface area contributed by atoms with E-state index in [1.807, 2.05) is 0 Å². The summed E-state index contributed by atoms with van der Waals surface area (Å²) >= 11 is 0. The van der Waals surface area contributed by atoms with Crippen LogP contribution in [0.15, 0.2) is 0 Å². The molecule has 0 saturated carbocycles. The number of aliphatic hydroxyl groups excluding tert-OH is 3. The summed E-state index contributed by atoms with van der Waals surface area (Å²) in [5.74, 6) is -0.356. The Hall–Kier alpha value is -0.690. The molecule has 0 spiro atoms. The van der Waals surface area contributed by atoms with Crippen LogP contribution in [-0.2, 0) is 9.53 Å². The number of aliphatic hydroxyl groups is 3. The fraction of sp³-hybridized carbons (Fsp3) is 0.750. The number of ether oxygens (including phenoxy) is 1. The zero-order valence-electron chi connectivity index (χ0n) is 7.75. The Balaban J connectivity index is 2.66. The van der Waals surface area contributed by atoms with Crippen LogP contribution in [0.25, 0.3) is 0 Å². The van der Waals surface area contributed by atoms with Crippen molar-refractivity contribution in [1.82, 2.24) is 5.32 Å². The summed E-state index contributed by atoms with van der Waals surface area (Å²) in [4.78, 5) is 10.8. The molecule has 0 aromatic rings. The quantitative estimate of drug-likeness (QED) is 0.408. The van der Waals surface area contributed by atoms with E-state index < -0.39 is 24.4 Å². The number of carbonyl (C=O) groups excluding carboxylic acids is 1. The van der Waals surface area contributed by atoms with Gasteiger partial charge in [0.15, 0.2) is 0 Å². The number of hydrogen-bond donors (Lipinski definition) is 4. The van der Waals surface area contributed by atoms with Crippen LogP contribution in [0.2, 0.25) is 0 Å². The SMILES string of the molecule is CC(=O)N[C@H]1[C@H](O)[C@@H](O)[CH]O[C@@H]1CO. The van der Waals surface area contributed by atoms with Gasteiger partial charge in [-0.25, -0.2) is 0 Å². The van der Waals surface area contributed by atoms with Crippen LogP contribution >= 0.6 is 0 Å². The highest BCUT2D eigenvalue weighted by molar-refractivity contribution is 5.73. The Morgan fingerprint density at radius 1 is 1.57 bits per heavy atom. The van der Waals surface area contributed by atoms with Gasteiger partial charge in [0.1, 0.15) is 24.9 Å². The maximum atomic E-state index is 10.8. The maximum Gasteiger partial charge on any atom is 0.217 e. The minimum atomic E-state index is -1.16. The van der Waals surface area contributed by atoms with Crippen molar-refractivity contribution < 1.29 is 24.9 Å². The lowest BCUT2D eigenvalue weighted by Gasteiger charge is -2.37. The van der Waals surface area contributed by atoms with Gasteiger partial charge in [0.25, 0.3) is 0 Å². The van der Waals surface area contributed by atoms with E-state index in [-0.39, 0.29) is 12.5 Å². The van der Waals surface area contributed by atoms with E-state index in [9.17, 15) is 15.0 Å². The van der Waals surface area contributed by atoms with Gasteiger partial charge in [-0.15, -0.1) is 0 Å². The molecule has 0 aliphatic carbocycles. The second kappa shape index (κ2) is 4.70. The van der Waals surface area contributed by atoms with Crippen LogP contribution in [0.1, 0.15) is 6.92 Å². The van der Waals surface area contributed by atoms with Gasteiger partial charge in [0.2, 0.25) is 5.91 Å². The molecule has 1 radical (unpaired) electrons. The number of hydrogen-bond acceptors (Lipinski definition) is 5. The Kier molecular flexibility index (Phi) is 3.82. The highest BCUT2D eigenvalue weighted by Gasteiger charge is 2.39. The summed E-state index contributed by atoms with van der Waals surface area (Å²) in [5, 5.41) is 30.0. The number of amides is 1. The topological polar surface area (TPSA) is 99.0 Å². The molecule has 1 aliphatic heterocycles. The van der Waals surface area contributed by atoms with Crippen LogP contribution < -0.4 is 5.32 Å². The Labute approximate surface area is 81.5 Å². The molecule has 1 heterocycles. The smallest absolute Gasteiger partial charge is 0.217 e. The van der Waals surface area contributed by atoms with Gasteiger partial charge in [-0.2, -0.15) is 0 Å². The van der Waals surface area contributed by atoms with Crippen molar-refractivity contribution in [3.8, 4) is 0 Å². The van der Waals surface area contributed by atoms with Crippen molar-refractivity contribution in [1.29, 1.82) is 0 Å². The van der Waals surface area contributed by atoms with E-state index >= 15 is 0 Å². The Morgan fingerprint density at radius 3 is 2.71 bits per heavy atom. The third kappa shape index (κ3) is 2.42. The van der Waals surface area contributed by atoms with E-state index in [2.05, 4.69) is 5.32 Å². The molecule has 6 nitrogen and oxygen atoms in total. The first kappa shape index (κ1) is 11.4. The molecular formula is C8H14NO5. The predicted octanol–water partition coefficient (Wildman–Crippen LogP) is -2.23. The van der Waals surface area contributed by atoms with Gasteiger partial charge >= 0.3 is 0 Å². The van der Waals surface area contributed by atoms with E-state index in [1.165, 1.54) is 6.92 Å². The van der Waals surface area contributed by atoms with E-state index in [0.717, 1.165) is 6.61 Å². The number of carbonyl (C=O) groups is 1. The first-order valence-electron chi connectivity index (χ1n) is 4.29. The number of nitrogens with one attached hydrogen (secondary N) is 1. The zero-order valence-corrected chi connectivity index (χ0v) is 7.75. The fourth-order valence-corrected chi connectivity index (χ4v) is 1.35. The van der Waals surface area contributed by atoms with Crippen molar-refractivity contribution in [2.24, 2.45) is 0 Å². The summed E-state index contributed by atoms with van der Waals surface area (Å²) < 4.78 is 4.92. The van der Waals surface area contributed by atoms with Crippen LogP contribution in [-0.4, -0.2) is 52.2 Å². The highest BCUT2D eigenvalue weighted by Crippen LogP contribution is 2.17. The lowest BCUT2D eigenvalue weighted by Crippen LogP contribution is -2.59. The molecule has 1 amide bonds. The average molecular weight is 204 g/mol. The molecule has 81 valence electrons. The zero-order chi connectivity index (χ0) is 10.7. The molecule has 14 heavy (non-hydrogen) atoms. The predicted molar refractivity (Wildman–Crippen MR) is 45.9 cm³/mol. The lowest BCUT2D eigenvalue weighted by molar-refractivity contribution is -0.136. The molecule has 1 fully saturated rings. The minimum Gasteiger partial charge on any atom is -0.394 e. The van der Waals surface area contributed by atoms with Gasteiger partial charge in [0, 0.05) is 6.92 Å². The summed E-state index contributed by atoms with van der Waals surface area (Å²) in [6.45, 7) is 1.99. The first-order chi connectivity index (χ1) is 6.56. The third-order valence-corrected chi connectivity index (χ3v) is 2.06. The molecule has 0 aromatic heterocycles. The Bertz CT molecular complexity index is 208. The van der Waals surface area contributed by atoms with Gasteiger partial charge in [-0.1, -0.05) is 0 Å². The molecule has 4 N–H and O–H groups in total. The average Bonchev–Trinajstić information content (AvgIpc) is 2.13. The lowest BCUT2D eigenvalue weighted by atomic mass is 9.97. The van der Waals surface area contributed by atoms with Crippen LogP contribution in [0.3, 0.4) is 0 Å². The first-order valence-corrected chi connectivity index (χ1v) is 4.29. The van der Waals surface area contributed by atoms with Crippen LogP contribution in [0.5, 0.6) is 0 Å². The van der Waals surface area contributed by atoms with Crippen molar-refractivity contribution >= 4 is 5.91 Å². The van der Waals surface area contributed by atoms with Gasteiger partial charge in [0.05, 0.1) is 12.6 Å². The largest absolute Gasteiger partial charge is 0.394 e. The fourth-order valence-electron chi connectivity index (χ4n) is 1.35. The monoisotopic (exact) mass is 204 g/mol. The van der Waals surface area contributed by atoms with Crippen molar-refractivity contribution in [3.63, 3.8) is 0 Å². The van der Waals surface area contributed by atoms with Crippen LogP contribution in [0.4, 0.5) is 0 Å². The summed E-state index contributed by atoms with van der Waals surface area (Å²) in [6.07, 6.45) is -3.04. The molecule has 1 saturated heterocycles. The van der Waals surface area contributed by atoms with Crippen molar-refractivity contribution in [3.05, 3.63) is 6.61 Å². The summed E-state index contributed by atoms with van der Waals surface area (Å²) in [5.41, 5.74) is 0. The van der Waals surface area contributed by atoms with Gasteiger partial charge in [-0.05, 0) is 0 Å². The second-order valence-electron chi connectivity index (χ2n) is 3.20. The third-order valence-electron chi connectivity index (χ3n) is 2.06. The van der Waals surface area contributed by atoms with E-state index in [0.29, 0.717) is 0 Å². The van der Waals surface area contributed by atoms with Crippen molar-refractivity contribution in [2.45, 2.75) is 31.3 Å². The highest BCUT2D eigenvalue weighted by atomic mass is 16.5. The van der Waals surface area contributed by atoms with Gasteiger partial charge < -0.3 is 25.4 Å². The van der Waals surface area contributed by atoms with E-state index in [4.69, 9.17) is 9.84 Å². The molecular weight excluding hydrogens is 190 g/mol. The molecule has 1 rings (SSSR count). The maximum absolute atomic E-state index is 10.8. The van der Waals surface area contributed by atoms with E-state index in [1.54, 1.807) is 0 Å². The van der Waals surface area contributed by atoms with Crippen molar-refractivity contribution in [2.75, 3.05) is 6.61 Å². The molecule has 1 aliphatic rings. The molecule has 0 aromatic carbocycles. The molecule has 0 unspecified atom stereocenters. The standard InChI is InChI=1S/C8H14NO5/c1-4(11)9-7-6(2-10)14-3-5(12)8(7)13/h3,5-8,10,12-13H,2H2,1H3,(H,9,11)/t5-,6+,7+,8+/m0/s1. The minimum absolute atomic E-state index is 0.342. The molecule has 4 atom stereocenters. The van der Waals surface area contributed by atoms with Gasteiger partial charge in [-0.3, -0.25) is 4.79 Å². The molecule has 6 heteroatoms.